The maximum atomic E-state index is 13.1. The van der Waals surface area contributed by atoms with E-state index in [0.29, 0.717) is 17.9 Å². The molecule has 2 aliphatic heterocycles. The van der Waals surface area contributed by atoms with Gasteiger partial charge >= 0.3 is 6.03 Å². The van der Waals surface area contributed by atoms with Crippen LogP contribution in [0.5, 0.6) is 5.75 Å². The lowest BCUT2D eigenvalue weighted by atomic mass is 9.81. The van der Waals surface area contributed by atoms with Crippen LogP contribution in [-0.2, 0) is 0 Å². The quantitative estimate of drug-likeness (QED) is 0.582. The minimum absolute atomic E-state index is 0.0176. The maximum absolute atomic E-state index is 13.1. The van der Waals surface area contributed by atoms with Gasteiger partial charge in [0.25, 0.3) is 0 Å². The molecule has 2 heterocycles. The third-order valence-electron chi connectivity index (χ3n) is 7.89. The number of benzene rings is 2. The predicted octanol–water partition coefficient (Wildman–Crippen LogP) is 5.72. The fourth-order valence-corrected chi connectivity index (χ4v) is 5.70. The first-order valence-corrected chi connectivity index (χ1v) is 13.2. The zero-order valence-corrected chi connectivity index (χ0v) is 20.8. The highest BCUT2D eigenvalue weighted by Crippen LogP contribution is 2.36. The molecule has 2 aromatic rings. The van der Waals surface area contributed by atoms with Gasteiger partial charge in [-0.2, -0.15) is 0 Å². The monoisotopic (exact) mass is 471 g/mol. The Kier molecular flexibility index (Phi) is 7.59. The number of nitrogens with one attached hydrogen (secondary N) is 1. The Balaban J connectivity index is 1.22. The molecule has 2 amide bonds. The number of ether oxygens (including phenoxy) is 1. The minimum atomic E-state index is -0.0176. The SMILES string of the molecule is COc1ccc(NC(=O)N2CCCCN3C[C@H](c4ccc(C#CC5CCCCC5)cc4)[C@@H]3C2)cc1. The Labute approximate surface area is 209 Å². The highest BCUT2D eigenvalue weighted by molar-refractivity contribution is 5.89. The van der Waals surface area contributed by atoms with Crippen molar-refractivity contribution in [2.24, 2.45) is 5.92 Å². The summed E-state index contributed by atoms with van der Waals surface area (Å²) in [5.74, 6) is 8.74. The molecule has 35 heavy (non-hydrogen) atoms. The molecule has 5 nitrogen and oxygen atoms in total. The van der Waals surface area contributed by atoms with E-state index in [1.54, 1.807) is 7.11 Å². The number of rotatable bonds is 3. The standard InChI is InChI=1S/C30H37N3O2/c1-35-27-17-15-26(16-18-27)31-30(34)33-20-6-5-19-32-21-28(29(32)22-33)25-13-11-24(12-14-25)10-9-23-7-3-2-4-8-23/h11-18,23,28-29H,2-8,19-22H2,1H3,(H,31,34)/t28-,29+/m1/s1. The molecule has 5 rings (SSSR count). The fourth-order valence-electron chi connectivity index (χ4n) is 5.70. The lowest BCUT2D eigenvalue weighted by Gasteiger charge is -2.51. The minimum Gasteiger partial charge on any atom is -0.497 e. The highest BCUT2D eigenvalue weighted by atomic mass is 16.5. The molecule has 5 heteroatoms. The van der Waals surface area contributed by atoms with Crippen LogP contribution in [0.3, 0.4) is 0 Å². The first-order valence-electron chi connectivity index (χ1n) is 13.2. The first kappa shape index (κ1) is 23.8. The maximum Gasteiger partial charge on any atom is 0.321 e. The molecule has 0 bridgehead atoms. The van der Waals surface area contributed by atoms with Crippen molar-refractivity contribution in [2.45, 2.75) is 56.9 Å². The first-order chi connectivity index (χ1) is 17.2. The number of fused-ring (bicyclic) bond motifs is 1. The molecule has 0 unspecified atom stereocenters. The summed E-state index contributed by atoms with van der Waals surface area (Å²) in [6.07, 6.45) is 8.71. The third kappa shape index (κ3) is 5.82. The van der Waals surface area contributed by atoms with E-state index in [1.807, 2.05) is 29.2 Å². The van der Waals surface area contributed by atoms with Crippen molar-refractivity contribution >= 4 is 11.7 Å². The number of hydrogen-bond acceptors (Lipinski definition) is 3. The number of hydrogen-bond donors (Lipinski definition) is 1. The van der Waals surface area contributed by atoms with Crippen LogP contribution in [0.2, 0.25) is 0 Å². The topological polar surface area (TPSA) is 44.8 Å². The van der Waals surface area contributed by atoms with Crippen molar-refractivity contribution in [1.82, 2.24) is 9.80 Å². The average molecular weight is 472 g/mol. The molecule has 2 saturated heterocycles. The normalized spacial score (nSPS) is 23.1. The van der Waals surface area contributed by atoms with Gasteiger partial charge in [-0.05, 0) is 74.2 Å². The molecular formula is C30H37N3O2. The predicted molar refractivity (Wildman–Crippen MR) is 141 cm³/mol. The van der Waals surface area contributed by atoms with Crippen LogP contribution < -0.4 is 10.1 Å². The second kappa shape index (κ2) is 11.2. The van der Waals surface area contributed by atoms with Crippen LogP contribution in [0.25, 0.3) is 0 Å². The molecule has 3 fully saturated rings. The Hall–Kier alpha value is -2.97. The molecule has 1 N–H and O–H groups in total. The van der Waals surface area contributed by atoms with Crippen LogP contribution in [0, 0.1) is 17.8 Å². The van der Waals surface area contributed by atoms with Gasteiger partial charge in [-0.25, -0.2) is 4.79 Å². The van der Waals surface area contributed by atoms with Gasteiger partial charge in [-0.1, -0.05) is 43.2 Å². The van der Waals surface area contributed by atoms with E-state index in [1.165, 1.54) is 37.7 Å². The number of carbonyl (C=O) groups excluding carboxylic acids is 1. The van der Waals surface area contributed by atoms with E-state index in [0.717, 1.165) is 56.0 Å². The van der Waals surface area contributed by atoms with E-state index in [4.69, 9.17) is 4.74 Å². The van der Waals surface area contributed by atoms with Gasteiger partial charge in [-0.3, -0.25) is 4.90 Å². The largest absolute Gasteiger partial charge is 0.497 e. The van der Waals surface area contributed by atoms with Gasteiger partial charge in [0.2, 0.25) is 0 Å². The number of methoxy groups -OCH3 is 1. The Bertz CT molecular complexity index is 1050. The van der Waals surface area contributed by atoms with E-state index >= 15 is 0 Å². The van der Waals surface area contributed by atoms with E-state index in [9.17, 15) is 4.79 Å². The van der Waals surface area contributed by atoms with Gasteiger partial charge in [0.05, 0.1) is 7.11 Å². The van der Waals surface area contributed by atoms with Gasteiger partial charge in [-0.15, -0.1) is 0 Å². The molecule has 1 saturated carbocycles. The second-order valence-corrected chi connectivity index (χ2v) is 10.2. The molecule has 0 aromatic heterocycles. The Morgan fingerprint density at radius 3 is 2.40 bits per heavy atom. The smallest absolute Gasteiger partial charge is 0.321 e. The molecule has 0 spiro atoms. The molecule has 3 aliphatic rings. The van der Waals surface area contributed by atoms with Crippen LogP contribution in [0.4, 0.5) is 10.5 Å². The van der Waals surface area contributed by atoms with Crippen molar-refractivity contribution in [2.75, 3.05) is 38.6 Å². The van der Waals surface area contributed by atoms with Crippen LogP contribution >= 0.6 is 0 Å². The summed E-state index contributed by atoms with van der Waals surface area (Å²) in [6.45, 7) is 3.76. The molecule has 1 aliphatic carbocycles. The van der Waals surface area contributed by atoms with E-state index < -0.39 is 0 Å². The molecular weight excluding hydrogens is 434 g/mol. The van der Waals surface area contributed by atoms with Gasteiger partial charge in [0.15, 0.2) is 0 Å². The fraction of sp³-hybridized carbons (Fsp3) is 0.500. The number of amides is 2. The number of urea groups is 1. The number of anilines is 1. The lowest BCUT2D eigenvalue weighted by molar-refractivity contribution is 0.0272. The zero-order chi connectivity index (χ0) is 24.0. The van der Waals surface area contributed by atoms with Crippen molar-refractivity contribution in [3.05, 3.63) is 59.7 Å². The van der Waals surface area contributed by atoms with Crippen LogP contribution in [0.15, 0.2) is 48.5 Å². The number of nitrogens with zero attached hydrogens (tertiary/aromatic N) is 2. The van der Waals surface area contributed by atoms with Crippen LogP contribution in [-0.4, -0.2) is 55.2 Å². The summed E-state index contributed by atoms with van der Waals surface area (Å²) in [5.41, 5.74) is 3.28. The summed E-state index contributed by atoms with van der Waals surface area (Å²) in [6, 6.07) is 16.8. The highest BCUT2D eigenvalue weighted by Gasteiger charge is 2.41. The lowest BCUT2D eigenvalue weighted by Crippen LogP contribution is -2.61. The van der Waals surface area contributed by atoms with Crippen LogP contribution in [0.1, 0.15) is 62.0 Å². The third-order valence-corrected chi connectivity index (χ3v) is 7.89. The average Bonchev–Trinajstić information content (AvgIpc) is 2.88. The summed E-state index contributed by atoms with van der Waals surface area (Å²) in [5, 5.41) is 3.07. The van der Waals surface area contributed by atoms with Crippen molar-refractivity contribution in [3.63, 3.8) is 0 Å². The van der Waals surface area contributed by atoms with Gasteiger partial charge in [0, 0.05) is 48.8 Å². The molecule has 0 radical (unpaired) electrons. The summed E-state index contributed by atoms with van der Waals surface area (Å²) in [7, 11) is 1.65. The number of carbonyl (C=O) groups is 1. The Morgan fingerprint density at radius 2 is 1.66 bits per heavy atom. The van der Waals surface area contributed by atoms with Gasteiger partial charge < -0.3 is 15.0 Å². The molecule has 184 valence electrons. The summed E-state index contributed by atoms with van der Waals surface area (Å²) in [4.78, 5) is 17.7. The molecule has 2 atom stereocenters. The van der Waals surface area contributed by atoms with E-state index in [-0.39, 0.29) is 6.03 Å². The Morgan fingerprint density at radius 1 is 0.914 bits per heavy atom. The second-order valence-electron chi connectivity index (χ2n) is 10.2. The van der Waals surface area contributed by atoms with Crippen molar-refractivity contribution < 1.29 is 9.53 Å². The van der Waals surface area contributed by atoms with Crippen molar-refractivity contribution in [3.8, 4) is 17.6 Å². The van der Waals surface area contributed by atoms with E-state index in [2.05, 4.69) is 46.3 Å². The van der Waals surface area contributed by atoms with Crippen molar-refractivity contribution in [1.29, 1.82) is 0 Å². The summed E-state index contributed by atoms with van der Waals surface area (Å²) >= 11 is 0. The van der Waals surface area contributed by atoms with Gasteiger partial charge in [0.1, 0.15) is 5.75 Å². The molecule has 2 aromatic carbocycles. The zero-order valence-electron chi connectivity index (χ0n) is 20.8. The summed E-state index contributed by atoms with van der Waals surface area (Å²) < 4.78 is 5.22.